The summed E-state index contributed by atoms with van der Waals surface area (Å²) in [6, 6.07) is 30.7. The lowest BCUT2D eigenvalue weighted by Crippen LogP contribution is -2.28. The molecule has 560 valence electrons. The molecule has 1 aliphatic carbocycles. The van der Waals surface area contributed by atoms with Gasteiger partial charge in [0.1, 0.15) is 57.8 Å². The van der Waals surface area contributed by atoms with E-state index in [0.717, 1.165) is 33.4 Å². The van der Waals surface area contributed by atoms with E-state index in [1.54, 1.807) is 0 Å². The van der Waals surface area contributed by atoms with E-state index in [1.165, 1.54) is 0 Å². The van der Waals surface area contributed by atoms with E-state index in [9.17, 15) is 24.0 Å². The van der Waals surface area contributed by atoms with Gasteiger partial charge < -0.3 is 47.4 Å². The van der Waals surface area contributed by atoms with Gasteiger partial charge in [-0.25, -0.2) is 24.0 Å². The van der Waals surface area contributed by atoms with Crippen molar-refractivity contribution in [3.05, 3.63) is 180 Å². The molecule has 0 N–H and O–H groups in total. The van der Waals surface area contributed by atoms with Gasteiger partial charge in [-0.1, -0.05) is 195 Å². The smallest absolute Gasteiger partial charge is 0.344 e. The fourth-order valence-corrected chi connectivity index (χ4v) is 12.1. The molecule has 10 bridgehead atoms. The second kappa shape index (κ2) is 31.6. The van der Waals surface area contributed by atoms with Crippen LogP contribution in [0.15, 0.2) is 91.0 Å². The van der Waals surface area contributed by atoms with Gasteiger partial charge in [0.25, 0.3) is 0 Å². The average Bonchev–Trinajstić information content (AvgIpc) is 0.774. The Kier molecular flexibility index (Phi) is 25.1. The molecule has 6 aromatic carbocycles. The predicted molar refractivity (Wildman–Crippen MR) is 407 cm³/mol. The number of carbonyl (C=O) groups excluding carboxylic acids is 5. The van der Waals surface area contributed by atoms with Crippen molar-refractivity contribution in [1.29, 1.82) is 0 Å². The molecule has 0 heterocycles. The van der Waals surface area contributed by atoms with Gasteiger partial charge >= 0.3 is 29.8 Å². The van der Waals surface area contributed by atoms with Crippen molar-refractivity contribution >= 4 is 29.8 Å². The summed E-state index contributed by atoms with van der Waals surface area (Å²) in [6.45, 7) is 51.7. The van der Waals surface area contributed by atoms with Gasteiger partial charge in [0, 0.05) is 32.1 Å². The van der Waals surface area contributed by atoms with Crippen LogP contribution in [0.3, 0.4) is 0 Å². The molecule has 15 nitrogen and oxygen atoms in total. The number of fused-ring (bicyclic) bond motifs is 10. The Hall–Kier alpha value is -8.33. The topological polar surface area (TPSA) is 178 Å². The highest BCUT2D eigenvalue weighted by atomic mass is 16.6. The van der Waals surface area contributed by atoms with E-state index in [0.29, 0.717) is 84.4 Å². The lowest BCUT2D eigenvalue weighted by atomic mass is 9.79. The third-order valence-electron chi connectivity index (χ3n) is 17.0. The molecule has 103 heavy (non-hydrogen) atoms. The fourth-order valence-electron chi connectivity index (χ4n) is 12.1. The van der Waals surface area contributed by atoms with Crippen LogP contribution in [0.4, 0.5) is 0 Å². The van der Waals surface area contributed by atoms with Crippen molar-refractivity contribution < 1.29 is 71.3 Å². The molecule has 0 radical (unpaired) electrons. The third-order valence-corrected chi connectivity index (χ3v) is 17.0. The van der Waals surface area contributed by atoms with Gasteiger partial charge in [-0.2, -0.15) is 0 Å². The van der Waals surface area contributed by atoms with Crippen LogP contribution in [-0.2, 0) is 113 Å². The zero-order valence-electron chi connectivity index (χ0n) is 67.1. The van der Waals surface area contributed by atoms with Crippen LogP contribution in [0.2, 0.25) is 0 Å². The average molecular weight is 1420 g/mol. The molecule has 15 heteroatoms. The highest BCUT2D eigenvalue weighted by molar-refractivity contribution is 5.75. The summed E-state index contributed by atoms with van der Waals surface area (Å²) in [5.41, 5.74) is 6.83. The molecular weight excluding hydrogens is 1300 g/mol. The molecule has 1 aliphatic rings. The van der Waals surface area contributed by atoms with Crippen molar-refractivity contribution in [2.45, 2.75) is 275 Å². The molecule has 6 aromatic rings. The molecule has 0 aromatic heterocycles. The third kappa shape index (κ3) is 24.4. The predicted octanol–water partition coefficient (Wildman–Crippen LogP) is 18.4. The van der Waals surface area contributed by atoms with Crippen molar-refractivity contribution in [2.75, 3.05) is 33.0 Å². The minimum absolute atomic E-state index is 0.0228. The molecule has 0 unspecified atom stereocenters. The minimum Gasteiger partial charge on any atom is -0.481 e. The zero-order chi connectivity index (χ0) is 77.0. The quantitative estimate of drug-likeness (QED) is 0.0621. The lowest BCUT2D eigenvalue weighted by Gasteiger charge is -2.29. The van der Waals surface area contributed by atoms with Crippen LogP contribution >= 0.6 is 0 Å². The van der Waals surface area contributed by atoms with Crippen LogP contribution in [-0.4, -0.2) is 85.3 Å². The van der Waals surface area contributed by atoms with Crippen LogP contribution < -0.4 is 23.7 Å². The SMILES string of the molecule is CC(C)(C)OC(=O)COc1c2cc(C(C)(C)C)cc1Cc1cc(C(C)(C)C)cc(c1OCC(=O)OC(C)(C)C)Cc1cc(C(C)(C)C)cc(c1OCC(=O)OC(C)(C)C)Cc1cc(C(C)(C)C)cc(c1OCC(=O)OC(C)(C)C)Cc1cc(C(C)(C)C)cc(c1OCC(=O)OCc1ccccc1)C2. The number of carbonyl (C=O) groups is 5. The normalized spacial score (nSPS) is 13.4. The first-order chi connectivity index (χ1) is 47.2. The Morgan fingerprint density at radius 2 is 0.437 bits per heavy atom. The molecule has 0 aliphatic heterocycles. The number of rotatable bonds is 17. The summed E-state index contributed by atoms with van der Waals surface area (Å²) in [5.74, 6) is -0.878. The first-order valence-electron chi connectivity index (χ1n) is 36.2. The van der Waals surface area contributed by atoms with Crippen LogP contribution in [0, 0.1) is 0 Å². The van der Waals surface area contributed by atoms with E-state index in [2.05, 4.69) is 165 Å². The van der Waals surface area contributed by atoms with Crippen LogP contribution in [0.5, 0.6) is 28.7 Å². The van der Waals surface area contributed by atoms with Gasteiger partial charge in [-0.05, 0) is 199 Å². The Morgan fingerprint density at radius 1 is 0.262 bits per heavy atom. The molecule has 0 spiro atoms. The van der Waals surface area contributed by atoms with Gasteiger partial charge in [-0.15, -0.1) is 0 Å². The summed E-state index contributed by atoms with van der Waals surface area (Å²) < 4.78 is 64.9. The van der Waals surface area contributed by atoms with Gasteiger partial charge in [0.2, 0.25) is 0 Å². The first-order valence-corrected chi connectivity index (χ1v) is 36.2. The summed E-state index contributed by atoms with van der Waals surface area (Å²) in [7, 11) is 0. The van der Waals surface area contributed by atoms with E-state index in [-0.39, 0.29) is 38.7 Å². The second-order valence-corrected chi connectivity index (χ2v) is 36.7. The van der Waals surface area contributed by atoms with E-state index in [1.807, 2.05) is 113 Å². The van der Waals surface area contributed by atoms with Crippen molar-refractivity contribution in [3.8, 4) is 28.7 Å². The highest BCUT2D eigenvalue weighted by Gasteiger charge is 2.33. The zero-order valence-corrected chi connectivity index (χ0v) is 67.1. The molecule has 0 saturated heterocycles. The van der Waals surface area contributed by atoms with E-state index < -0.39 is 112 Å². The second-order valence-electron chi connectivity index (χ2n) is 36.7. The number of hydrogen-bond donors (Lipinski definition) is 0. The molecule has 0 saturated carbocycles. The van der Waals surface area contributed by atoms with Gasteiger partial charge in [-0.3, -0.25) is 0 Å². The Bertz CT molecular complexity index is 3830. The molecule has 7 rings (SSSR count). The minimum atomic E-state index is -0.841. The Balaban J connectivity index is 1.74. The summed E-state index contributed by atoms with van der Waals surface area (Å²) in [4.78, 5) is 71.0. The molecule has 0 atom stereocenters. The lowest BCUT2D eigenvalue weighted by molar-refractivity contribution is -0.158. The van der Waals surface area contributed by atoms with Gasteiger partial charge in [0.05, 0.1) is 0 Å². The first kappa shape index (κ1) is 82.0. The standard InChI is InChI=1S/C88H118O15/c1-80(2,3)65-38-55-33-57-40-66(81(4,5)6)42-59(76(57)96-50-71(90)100-85(16,17)18)35-61-44-68(83(10,11)12)46-63(78(61)98-52-73(92)102-87(22,23)24)37-64-47-69(84(13,14)15)45-62(79(64)99-53-74(93)103-88(25,26)27)36-60-43-67(82(7,8)9)41-58(77(60)97-51-72(91)101-86(19,20)21)34-56(39-65)75(55)95-49-70(89)94-48-54-31-29-28-30-32-54/h28-32,38-47H,33-37,48-53H2,1-27H3. The van der Waals surface area contributed by atoms with E-state index >= 15 is 0 Å². The van der Waals surface area contributed by atoms with Crippen molar-refractivity contribution in [3.63, 3.8) is 0 Å². The number of ether oxygens (including phenoxy) is 10. The summed E-state index contributed by atoms with van der Waals surface area (Å²) in [5, 5.41) is 0. The number of esters is 5. The summed E-state index contributed by atoms with van der Waals surface area (Å²) >= 11 is 0. The fraction of sp³-hybridized carbons (Fsp3) is 0.534. The van der Waals surface area contributed by atoms with Gasteiger partial charge in [0.15, 0.2) is 33.0 Å². The maximum atomic E-state index is 14.3. The van der Waals surface area contributed by atoms with Crippen molar-refractivity contribution in [1.82, 2.24) is 0 Å². The number of hydrogen-bond acceptors (Lipinski definition) is 15. The molecular formula is C88H118O15. The Labute approximate surface area is 615 Å². The van der Waals surface area contributed by atoms with E-state index in [4.69, 9.17) is 47.4 Å². The monoisotopic (exact) mass is 1410 g/mol. The maximum Gasteiger partial charge on any atom is 0.344 e. The molecule has 0 fully saturated rings. The van der Waals surface area contributed by atoms with Crippen LogP contribution in [0.1, 0.15) is 276 Å². The number of benzene rings is 6. The highest BCUT2D eigenvalue weighted by Crippen LogP contribution is 2.46. The molecule has 0 amide bonds. The Morgan fingerprint density at radius 3 is 0.602 bits per heavy atom. The summed E-state index contributed by atoms with van der Waals surface area (Å²) in [6.07, 6.45) is 0.813. The largest absolute Gasteiger partial charge is 0.481 e. The maximum absolute atomic E-state index is 14.3. The van der Waals surface area contributed by atoms with Crippen LogP contribution in [0.25, 0.3) is 0 Å². The van der Waals surface area contributed by atoms with Crippen molar-refractivity contribution in [2.24, 2.45) is 0 Å².